The summed E-state index contributed by atoms with van der Waals surface area (Å²) in [4.78, 5) is 10.3. The maximum absolute atomic E-state index is 10.3. The fraction of sp³-hybridized carbons (Fsp3) is 0.650. The van der Waals surface area contributed by atoms with Crippen molar-refractivity contribution in [3.8, 4) is 35.5 Å². The van der Waals surface area contributed by atoms with Gasteiger partial charge in [0.05, 0.1) is 0 Å². The van der Waals surface area contributed by atoms with Gasteiger partial charge < -0.3 is 5.73 Å². The van der Waals surface area contributed by atoms with Crippen LogP contribution in [0.1, 0.15) is 84.0 Å². The zero-order chi connectivity index (χ0) is 16.3. The van der Waals surface area contributed by atoms with E-state index in [4.69, 9.17) is 5.73 Å². The summed E-state index contributed by atoms with van der Waals surface area (Å²) in [6.45, 7) is 2.26. The Kier molecular flexibility index (Phi) is 15.8. The molecular formula is C20H29NO. The maximum Gasteiger partial charge on any atom is 0.294 e. The highest BCUT2D eigenvalue weighted by Crippen LogP contribution is 2.11. The Balaban J connectivity index is 3.31. The lowest BCUT2D eigenvalue weighted by Gasteiger charge is -2.01. The zero-order valence-electron chi connectivity index (χ0n) is 14.0. The van der Waals surface area contributed by atoms with E-state index in [0.717, 1.165) is 12.8 Å². The van der Waals surface area contributed by atoms with Crippen LogP contribution in [-0.2, 0) is 4.79 Å². The predicted molar refractivity (Wildman–Crippen MR) is 93.6 cm³/mol. The molecule has 0 heterocycles. The highest BCUT2D eigenvalue weighted by Gasteiger charge is 1.92. The number of amides is 1. The molecule has 0 fully saturated rings. The minimum atomic E-state index is -0.664. The molecule has 0 aromatic rings. The van der Waals surface area contributed by atoms with Gasteiger partial charge in [0.1, 0.15) is 0 Å². The fourth-order valence-corrected chi connectivity index (χ4v) is 2.14. The molecule has 0 spiro atoms. The summed E-state index contributed by atoms with van der Waals surface area (Å²) < 4.78 is 0. The van der Waals surface area contributed by atoms with Crippen LogP contribution in [0.5, 0.6) is 0 Å². The average Bonchev–Trinajstić information content (AvgIpc) is 2.50. The van der Waals surface area contributed by atoms with Gasteiger partial charge in [-0.1, -0.05) is 77.1 Å². The van der Waals surface area contributed by atoms with Crippen LogP contribution in [-0.4, -0.2) is 5.91 Å². The van der Waals surface area contributed by atoms with Crippen LogP contribution in [0.4, 0.5) is 0 Å². The van der Waals surface area contributed by atoms with Crippen molar-refractivity contribution < 1.29 is 4.79 Å². The third-order valence-electron chi connectivity index (χ3n) is 3.37. The first kappa shape index (κ1) is 20.1. The smallest absolute Gasteiger partial charge is 0.294 e. The lowest BCUT2D eigenvalue weighted by Crippen LogP contribution is -2.05. The number of hydrogen-bond acceptors (Lipinski definition) is 1. The monoisotopic (exact) mass is 299 g/mol. The van der Waals surface area contributed by atoms with Gasteiger partial charge in [-0.2, -0.15) is 0 Å². The van der Waals surface area contributed by atoms with Crippen LogP contribution in [0.2, 0.25) is 0 Å². The molecule has 0 aromatic heterocycles. The molecule has 0 aliphatic carbocycles. The highest BCUT2D eigenvalue weighted by molar-refractivity contribution is 5.92. The molecule has 0 radical (unpaired) electrons. The van der Waals surface area contributed by atoms with Crippen LogP contribution in [0, 0.1) is 35.5 Å². The lowest BCUT2D eigenvalue weighted by atomic mass is 10.1. The summed E-state index contributed by atoms with van der Waals surface area (Å²) in [7, 11) is 0. The van der Waals surface area contributed by atoms with Crippen LogP contribution >= 0.6 is 0 Å². The lowest BCUT2D eigenvalue weighted by molar-refractivity contribution is -0.112. The van der Waals surface area contributed by atoms with E-state index in [0.29, 0.717) is 0 Å². The first-order chi connectivity index (χ1) is 10.8. The minimum absolute atomic E-state index is 0.664. The second kappa shape index (κ2) is 17.2. The number of rotatable bonds is 11. The second-order valence-electron chi connectivity index (χ2n) is 5.45. The van der Waals surface area contributed by atoms with Crippen LogP contribution in [0.15, 0.2) is 0 Å². The number of nitrogens with two attached hydrogens (primary N) is 1. The standard InChI is InChI=1S/C20H29NO/c1-2-3-4-5-6-7-8-9-10-11-12-13-14-15-16-17-18-19-20(21)22/h2-13H2,1H3,(H2,21,22). The molecule has 0 saturated heterocycles. The van der Waals surface area contributed by atoms with Crippen molar-refractivity contribution in [2.45, 2.75) is 84.0 Å². The first-order valence-corrected chi connectivity index (χ1v) is 8.55. The van der Waals surface area contributed by atoms with E-state index in [1.165, 1.54) is 64.2 Å². The third-order valence-corrected chi connectivity index (χ3v) is 3.37. The van der Waals surface area contributed by atoms with Gasteiger partial charge in [0.25, 0.3) is 5.91 Å². The summed E-state index contributed by atoms with van der Waals surface area (Å²) in [5.74, 6) is 14.6. The third kappa shape index (κ3) is 18.1. The van der Waals surface area contributed by atoms with E-state index in [1.807, 2.05) is 0 Å². The van der Waals surface area contributed by atoms with E-state index < -0.39 is 5.91 Å². The Labute approximate surface area is 136 Å². The van der Waals surface area contributed by atoms with Crippen molar-refractivity contribution in [1.29, 1.82) is 0 Å². The number of primary amides is 1. The molecule has 0 unspecified atom stereocenters. The van der Waals surface area contributed by atoms with Crippen molar-refractivity contribution >= 4 is 5.91 Å². The van der Waals surface area contributed by atoms with Crippen LogP contribution < -0.4 is 5.73 Å². The van der Waals surface area contributed by atoms with Crippen molar-refractivity contribution in [3.05, 3.63) is 0 Å². The molecule has 0 aliphatic heterocycles. The zero-order valence-corrected chi connectivity index (χ0v) is 14.0. The highest BCUT2D eigenvalue weighted by atomic mass is 16.1. The second-order valence-corrected chi connectivity index (χ2v) is 5.45. The van der Waals surface area contributed by atoms with Crippen molar-refractivity contribution in [2.24, 2.45) is 5.73 Å². The van der Waals surface area contributed by atoms with Crippen molar-refractivity contribution in [3.63, 3.8) is 0 Å². The van der Waals surface area contributed by atoms with Gasteiger partial charge in [0.15, 0.2) is 0 Å². The van der Waals surface area contributed by atoms with Crippen LogP contribution in [0.3, 0.4) is 0 Å². The molecule has 0 atom stereocenters. The first-order valence-electron chi connectivity index (χ1n) is 8.55. The summed E-state index contributed by atoms with van der Waals surface area (Å²) in [5.41, 5.74) is 4.84. The molecule has 2 heteroatoms. The maximum atomic E-state index is 10.3. The Morgan fingerprint density at radius 3 is 1.77 bits per heavy atom. The molecule has 120 valence electrons. The molecule has 0 aromatic carbocycles. The Hall–Kier alpha value is -1.85. The largest absolute Gasteiger partial charge is 0.359 e. The number of carbonyl (C=O) groups excluding carboxylic acids is 1. The van der Waals surface area contributed by atoms with Gasteiger partial charge in [0.2, 0.25) is 0 Å². The quantitative estimate of drug-likeness (QED) is 0.451. The molecule has 0 rings (SSSR count). The summed E-state index contributed by atoms with van der Waals surface area (Å²) >= 11 is 0. The van der Waals surface area contributed by atoms with Crippen molar-refractivity contribution in [1.82, 2.24) is 0 Å². The molecule has 0 bridgehead atoms. The Bertz CT molecular complexity index is 459. The topological polar surface area (TPSA) is 43.1 Å². The molecular weight excluding hydrogens is 270 g/mol. The molecule has 0 aliphatic rings. The minimum Gasteiger partial charge on any atom is -0.359 e. The van der Waals surface area contributed by atoms with Gasteiger partial charge in [-0.3, -0.25) is 4.79 Å². The molecule has 1 amide bonds. The van der Waals surface area contributed by atoms with E-state index in [2.05, 4.69) is 42.4 Å². The molecule has 22 heavy (non-hydrogen) atoms. The van der Waals surface area contributed by atoms with Gasteiger partial charge in [-0.25, -0.2) is 0 Å². The summed E-state index contributed by atoms with van der Waals surface area (Å²) in [6.07, 6.45) is 15.7. The van der Waals surface area contributed by atoms with E-state index >= 15 is 0 Å². The molecule has 0 saturated carbocycles. The van der Waals surface area contributed by atoms with Gasteiger partial charge in [-0.15, -0.1) is 0 Å². The Morgan fingerprint density at radius 2 is 1.23 bits per heavy atom. The average molecular weight is 299 g/mol. The van der Waals surface area contributed by atoms with E-state index in [9.17, 15) is 4.79 Å². The SMILES string of the molecule is CCCCCCCCCCCCCC#CC#CC#CC(N)=O. The van der Waals surface area contributed by atoms with E-state index in [-0.39, 0.29) is 0 Å². The van der Waals surface area contributed by atoms with E-state index in [1.54, 1.807) is 0 Å². The van der Waals surface area contributed by atoms with Crippen molar-refractivity contribution in [2.75, 3.05) is 0 Å². The summed E-state index contributed by atoms with van der Waals surface area (Å²) in [6, 6.07) is 0. The van der Waals surface area contributed by atoms with Gasteiger partial charge >= 0.3 is 0 Å². The molecule has 2 nitrogen and oxygen atoms in total. The number of carbonyl (C=O) groups is 1. The van der Waals surface area contributed by atoms with Gasteiger partial charge in [0, 0.05) is 12.3 Å². The van der Waals surface area contributed by atoms with Gasteiger partial charge in [-0.05, 0) is 30.1 Å². The fourth-order valence-electron chi connectivity index (χ4n) is 2.14. The Morgan fingerprint density at radius 1 is 0.727 bits per heavy atom. The number of unbranched alkanes of at least 4 members (excludes halogenated alkanes) is 11. The molecule has 2 N–H and O–H groups in total. The van der Waals surface area contributed by atoms with Crippen LogP contribution in [0.25, 0.3) is 0 Å². The summed E-state index contributed by atoms with van der Waals surface area (Å²) in [5, 5.41) is 0. The normalized spacial score (nSPS) is 8.77. The predicted octanol–water partition coefficient (Wildman–Crippen LogP) is 4.18. The number of hydrogen-bond donors (Lipinski definition) is 1.